The van der Waals surface area contributed by atoms with Crippen LogP contribution in [0.5, 0.6) is 0 Å². The molecule has 11 heteroatoms. The first kappa shape index (κ1) is 23.7. The summed E-state index contributed by atoms with van der Waals surface area (Å²) in [6.07, 6.45) is -3.81. The molecule has 32 heavy (non-hydrogen) atoms. The fourth-order valence-electron chi connectivity index (χ4n) is 3.47. The number of nitrogens with zero attached hydrogens (tertiary/aromatic N) is 1. The minimum Gasteiger partial charge on any atom is -0.326 e. The van der Waals surface area contributed by atoms with E-state index in [2.05, 4.69) is 5.32 Å². The van der Waals surface area contributed by atoms with Crippen molar-refractivity contribution in [2.24, 2.45) is 0 Å². The zero-order valence-corrected chi connectivity index (χ0v) is 18.0. The number of hydrogen-bond acceptors (Lipinski definition) is 4. The van der Waals surface area contributed by atoms with E-state index in [1.165, 1.54) is 6.07 Å². The number of alkyl halides is 3. The molecule has 3 rings (SSSR count). The van der Waals surface area contributed by atoms with E-state index in [-0.39, 0.29) is 18.9 Å². The lowest BCUT2D eigenvalue weighted by Crippen LogP contribution is -2.29. The van der Waals surface area contributed by atoms with E-state index in [9.17, 15) is 31.2 Å². The normalized spacial score (nSPS) is 14.6. The maximum Gasteiger partial charge on any atom is 0.417 e. The van der Waals surface area contributed by atoms with Gasteiger partial charge in [0.05, 0.1) is 10.5 Å². The van der Waals surface area contributed by atoms with Gasteiger partial charge in [0.1, 0.15) is 0 Å². The Morgan fingerprint density at radius 3 is 2.50 bits per heavy atom. The molecule has 0 spiro atoms. The van der Waals surface area contributed by atoms with Crippen LogP contribution in [0, 0.1) is 6.92 Å². The van der Waals surface area contributed by atoms with Crippen LogP contribution >= 0.6 is 0 Å². The van der Waals surface area contributed by atoms with Gasteiger partial charge in [-0.1, -0.05) is 12.1 Å². The largest absolute Gasteiger partial charge is 0.417 e. The molecule has 0 unspecified atom stereocenters. The molecule has 0 saturated carbocycles. The van der Waals surface area contributed by atoms with Crippen LogP contribution in [0.4, 0.5) is 24.5 Å². The molecule has 0 atom stereocenters. The van der Waals surface area contributed by atoms with E-state index in [0.29, 0.717) is 24.7 Å². The summed E-state index contributed by atoms with van der Waals surface area (Å²) in [4.78, 5) is 24.9. The van der Waals surface area contributed by atoms with E-state index in [0.717, 1.165) is 29.8 Å². The Morgan fingerprint density at radius 1 is 1.16 bits per heavy atom. The van der Waals surface area contributed by atoms with Gasteiger partial charge < -0.3 is 10.2 Å². The first-order chi connectivity index (χ1) is 15.0. The van der Waals surface area contributed by atoms with E-state index in [1.54, 1.807) is 23.1 Å². The van der Waals surface area contributed by atoms with Crippen LogP contribution in [0.25, 0.3) is 0 Å². The zero-order valence-electron chi connectivity index (χ0n) is 17.2. The van der Waals surface area contributed by atoms with Gasteiger partial charge in [-0.3, -0.25) is 9.59 Å². The number of halogens is 3. The Morgan fingerprint density at radius 2 is 1.88 bits per heavy atom. The van der Waals surface area contributed by atoms with Crippen molar-refractivity contribution in [2.45, 2.75) is 37.3 Å². The molecule has 1 aliphatic heterocycles. The quantitative estimate of drug-likeness (QED) is 0.649. The molecule has 0 aromatic heterocycles. The fourth-order valence-corrected chi connectivity index (χ4v) is 4.73. The summed E-state index contributed by atoms with van der Waals surface area (Å²) in [5, 5.41) is 2.62. The maximum absolute atomic E-state index is 13.1. The van der Waals surface area contributed by atoms with Gasteiger partial charge in [-0.25, -0.2) is 13.1 Å². The Hall–Kier alpha value is -2.92. The number of hydrogen-bond donors (Lipinski definition) is 2. The number of rotatable bonds is 7. The van der Waals surface area contributed by atoms with Crippen molar-refractivity contribution in [1.82, 2.24) is 4.72 Å². The highest BCUT2D eigenvalue weighted by Gasteiger charge is 2.36. The molecule has 7 nitrogen and oxygen atoms in total. The predicted molar refractivity (Wildman–Crippen MR) is 113 cm³/mol. The van der Waals surface area contributed by atoms with E-state index in [1.807, 2.05) is 11.6 Å². The number of benzene rings is 2. The minimum atomic E-state index is -4.83. The second-order valence-corrected chi connectivity index (χ2v) is 9.08. The van der Waals surface area contributed by atoms with Gasteiger partial charge in [-0.15, -0.1) is 0 Å². The molecular weight excluding hydrogens is 447 g/mol. The summed E-state index contributed by atoms with van der Waals surface area (Å²) in [5.41, 5.74) is 0.751. The van der Waals surface area contributed by atoms with Crippen LogP contribution in [0.1, 0.15) is 30.4 Å². The number of anilines is 2. The third kappa shape index (κ3) is 5.46. The number of amides is 2. The molecule has 1 fully saturated rings. The second kappa shape index (κ2) is 9.29. The average Bonchev–Trinajstić information content (AvgIpc) is 3.13. The standard InChI is InChI=1S/C21H22F3N3O4S/c1-14-13-15(8-9-17(14)27-12-4-7-20(27)29)26-19(28)10-11-25-32(30,31)18-6-3-2-5-16(18)21(22,23)24/h2-3,5-6,8-9,13,25H,4,7,10-12H2,1H3,(H,26,28). The molecule has 2 aromatic carbocycles. The van der Waals surface area contributed by atoms with E-state index in [4.69, 9.17) is 0 Å². The highest BCUT2D eigenvalue weighted by atomic mass is 32.2. The van der Waals surface area contributed by atoms with Crippen molar-refractivity contribution >= 4 is 33.2 Å². The third-order valence-electron chi connectivity index (χ3n) is 4.97. The SMILES string of the molecule is Cc1cc(NC(=O)CCNS(=O)(=O)c2ccccc2C(F)(F)F)ccc1N1CCCC1=O. The van der Waals surface area contributed by atoms with Crippen LogP contribution in [0.2, 0.25) is 0 Å². The van der Waals surface area contributed by atoms with Crippen LogP contribution in [-0.2, 0) is 25.8 Å². The summed E-state index contributed by atoms with van der Waals surface area (Å²) in [7, 11) is -4.46. The van der Waals surface area contributed by atoms with Crippen molar-refractivity contribution < 1.29 is 31.2 Å². The predicted octanol–water partition coefficient (Wildman–Crippen LogP) is 3.45. The summed E-state index contributed by atoms with van der Waals surface area (Å²) in [6.45, 7) is 2.07. The topological polar surface area (TPSA) is 95.6 Å². The monoisotopic (exact) mass is 469 g/mol. The smallest absolute Gasteiger partial charge is 0.326 e. The number of nitrogens with one attached hydrogen (secondary N) is 2. The molecule has 0 bridgehead atoms. The van der Waals surface area contributed by atoms with E-state index >= 15 is 0 Å². The minimum absolute atomic E-state index is 0.0456. The first-order valence-electron chi connectivity index (χ1n) is 9.86. The van der Waals surface area contributed by atoms with Crippen LogP contribution < -0.4 is 14.9 Å². The number of aryl methyl sites for hydroxylation is 1. The molecular formula is C21H22F3N3O4S. The Labute approximate surface area is 183 Å². The molecule has 1 saturated heterocycles. The molecule has 1 aliphatic rings. The molecule has 0 radical (unpaired) electrons. The van der Waals surface area contributed by atoms with Crippen molar-refractivity contribution in [3.8, 4) is 0 Å². The highest BCUT2D eigenvalue weighted by Crippen LogP contribution is 2.33. The van der Waals surface area contributed by atoms with Crippen molar-refractivity contribution in [3.63, 3.8) is 0 Å². The van der Waals surface area contributed by atoms with Crippen LogP contribution in [0.15, 0.2) is 47.4 Å². The fraction of sp³-hybridized carbons (Fsp3) is 0.333. The molecule has 2 N–H and O–H groups in total. The molecule has 2 amide bonds. The molecule has 2 aromatic rings. The van der Waals surface area contributed by atoms with Crippen molar-refractivity contribution in [1.29, 1.82) is 0 Å². The second-order valence-electron chi connectivity index (χ2n) is 7.34. The maximum atomic E-state index is 13.1. The summed E-state index contributed by atoms with van der Waals surface area (Å²) in [6, 6.07) is 8.90. The van der Waals surface area contributed by atoms with Gasteiger partial charge in [0.25, 0.3) is 0 Å². The van der Waals surface area contributed by atoms with Gasteiger partial charge in [0.15, 0.2) is 0 Å². The third-order valence-corrected chi connectivity index (χ3v) is 6.49. The number of carbonyl (C=O) groups excluding carboxylic acids is 2. The first-order valence-corrected chi connectivity index (χ1v) is 11.3. The van der Waals surface area contributed by atoms with Gasteiger partial charge >= 0.3 is 6.18 Å². The van der Waals surface area contributed by atoms with Crippen LogP contribution in [0.3, 0.4) is 0 Å². The lowest BCUT2D eigenvalue weighted by molar-refractivity contribution is -0.139. The molecule has 172 valence electrons. The summed E-state index contributed by atoms with van der Waals surface area (Å²) >= 11 is 0. The summed E-state index contributed by atoms with van der Waals surface area (Å²) in [5.74, 6) is -0.467. The van der Waals surface area contributed by atoms with Crippen LogP contribution in [-0.4, -0.2) is 33.3 Å². The van der Waals surface area contributed by atoms with Crippen molar-refractivity contribution in [3.05, 3.63) is 53.6 Å². The van der Waals surface area contributed by atoms with Gasteiger partial charge in [-0.2, -0.15) is 13.2 Å². The van der Waals surface area contributed by atoms with E-state index < -0.39 is 32.6 Å². The Bertz CT molecular complexity index is 1130. The van der Waals surface area contributed by atoms with Gasteiger partial charge in [0, 0.05) is 37.3 Å². The summed E-state index contributed by atoms with van der Waals surface area (Å²) < 4.78 is 65.9. The van der Waals surface area contributed by atoms with Crippen molar-refractivity contribution in [2.75, 3.05) is 23.3 Å². The number of carbonyl (C=O) groups is 2. The highest BCUT2D eigenvalue weighted by molar-refractivity contribution is 7.89. The lowest BCUT2D eigenvalue weighted by Gasteiger charge is -2.19. The average molecular weight is 469 g/mol. The van der Waals surface area contributed by atoms with Gasteiger partial charge in [0.2, 0.25) is 21.8 Å². The molecule has 0 aliphatic carbocycles. The number of sulfonamides is 1. The Kier molecular flexibility index (Phi) is 6.89. The Balaban J connectivity index is 1.59. The molecule has 1 heterocycles. The lowest BCUT2D eigenvalue weighted by atomic mass is 10.1. The zero-order chi connectivity index (χ0) is 23.5. The van der Waals surface area contributed by atoms with Gasteiger partial charge in [-0.05, 0) is 49.2 Å².